The molecule has 5 nitrogen and oxygen atoms in total. The van der Waals surface area contributed by atoms with Crippen molar-refractivity contribution >= 4 is 108 Å². The van der Waals surface area contributed by atoms with Crippen LogP contribution in [0, 0.1) is 0 Å². The molecule has 3 aromatic heterocycles. The Morgan fingerprint density at radius 3 is 1.54 bits per heavy atom. The van der Waals surface area contributed by atoms with Crippen molar-refractivity contribution in [3.63, 3.8) is 0 Å². The Morgan fingerprint density at radius 2 is 0.794 bits per heavy atom. The first-order chi connectivity index (χ1) is 33.7. The van der Waals surface area contributed by atoms with E-state index < -0.39 is 0 Å². The maximum absolute atomic E-state index is 6.90. The van der Waals surface area contributed by atoms with E-state index >= 15 is 0 Å². The number of benzene rings is 12. The number of nitrogens with zero attached hydrogens (tertiary/aromatic N) is 4. The van der Waals surface area contributed by atoms with Crippen LogP contribution in [0.1, 0.15) is 0 Å². The molecule has 0 saturated carbocycles. The zero-order valence-corrected chi connectivity index (χ0v) is 36.5. The molecule has 3 heterocycles. The summed E-state index contributed by atoms with van der Waals surface area (Å²) in [5.74, 6) is 1.75. The van der Waals surface area contributed by atoms with Gasteiger partial charge in [-0.05, 0) is 113 Å². The molecule has 0 unspecified atom stereocenters. The molecule has 0 N–H and O–H groups in total. The van der Waals surface area contributed by atoms with Gasteiger partial charge in [0.1, 0.15) is 11.2 Å². The smallest absolute Gasteiger partial charge is 0.166 e. The van der Waals surface area contributed by atoms with E-state index in [-0.39, 0.29) is 0 Å². The molecule has 15 rings (SSSR count). The Kier molecular flexibility index (Phi) is 7.72. The zero-order chi connectivity index (χ0) is 44.5. The van der Waals surface area contributed by atoms with Crippen LogP contribution in [0.25, 0.3) is 148 Å². The van der Waals surface area contributed by atoms with Crippen molar-refractivity contribution in [2.45, 2.75) is 0 Å². The van der Waals surface area contributed by atoms with Crippen LogP contribution in [0.2, 0.25) is 0 Å². The second-order valence-corrected chi connectivity index (χ2v) is 17.9. The molecule has 0 atom stereocenters. The fourth-order valence-electron chi connectivity index (χ4n) is 11.0. The monoisotopic (exact) mass is 864 g/mol. The van der Waals surface area contributed by atoms with Crippen molar-refractivity contribution in [1.29, 1.82) is 0 Å². The number of fused-ring (bicyclic) bond motifs is 14. The fraction of sp³-hybridized carbons (Fsp3) is 0. The molecule has 12 aromatic carbocycles. The van der Waals surface area contributed by atoms with E-state index in [0.29, 0.717) is 17.5 Å². The maximum Gasteiger partial charge on any atom is 0.166 e. The van der Waals surface area contributed by atoms with Crippen LogP contribution in [0.5, 0.6) is 0 Å². The van der Waals surface area contributed by atoms with Crippen molar-refractivity contribution in [3.05, 3.63) is 218 Å². The van der Waals surface area contributed by atoms with Gasteiger partial charge in [-0.2, -0.15) is 0 Å². The molecule has 5 heteroatoms. The van der Waals surface area contributed by atoms with Gasteiger partial charge < -0.3 is 8.98 Å². The van der Waals surface area contributed by atoms with Gasteiger partial charge >= 0.3 is 0 Å². The van der Waals surface area contributed by atoms with Gasteiger partial charge in [-0.15, -0.1) is 0 Å². The van der Waals surface area contributed by atoms with Crippen LogP contribution in [0.15, 0.2) is 223 Å². The molecule has 0 spiro atoms. The summed E-state index contributed by atoms with van der Waals surface area (Å²) in [5.41, 5.74) is 7.44. The van der Waals surface area contributed by atoms with Crippen molar-refractivity contribution in [2.75, 3.05) is 0 Å². The summed E-state index contributed by atoms with van der Waals surface area (Å²) in [6.45, 7) is 0. The van der Waals surface area contributed by atoms with Crippen LogP contribution >= 0.6 is 0 Å². The van der Waals surface area contributed by atoms with E-state index in [1.807, 2.05) is 0 Å². The van der Waals surface area contributed by atoms with E-state index in [9.17, 15) is 0 Å². The van der Waals surface area contributed by atoms with Crippen LogP contribution in [0.3, 0.4) is 0 Å². The third-order valence-electron chi connectivity index (χ3n) is 14.1. The highest BCUT2D eigenvalue weighted by atomic mass is 16.3. The summed E-state index contributed by atoms with van der Waals surface area (Å²) >= 11 is 0. The lowest BCUT2D eigenvalue weighted by molar-refractivity contribution is 0.669. The number of rotatable bonds is 4. The Balaban J connectivity index is 1.11. The van der Waals surface area contributed by atoms with E-state index in [4.69, 9.17) is 19.4 Å². The molecule has 0 aliphatic heterocycles. The van der Waals surface area contributed by atoms with E-state index in [1.54, 1.807) is 0 Å². The quantitative estimate of drug-likeness (QED) is 0.165. The predicted octanol–water partition coefficient (Wildman–Crippen LogP) is 16.8. The van der Waals surface area contributed by atoms with Crippen LogP contribution in [-0.2, 0) is 0 Å². The van der Waals surface area contributed by atoms with Gasteiger partial charge in [0.05, 0.1) is 16.7 Å². The first kappa shape index (κ1) is 37.1. The third-order valence-corrected chi connectivity index (χ3v) is 14.1. The first-order valence-electron chi connectivity index (χ1n) is 23.1. The lowest BCUT2D eigenvalue weighted by Crippen LogP contribution is -2.04. The topological polar surface area (TPSA) is 56.7 Å². The third kappa shape index (κ3) is 5.47. The zero-order valence-electron chi connectivity index (χ0n) is 36.5. The van der Waals surface area contributed by atoms with Crippen LogP contribution < -0.4 is 0 Å². The molecule has 0 radical (unpaired) electrons. The predicted molar refractivity (Wildman–Crippen MR) is 283 cm³/mol. The molecule has 0 aliphatic rings. The number of furan rings is 1. The van der Waals surface area contributed by atoms with E-state index in [1.165, 1.54) is 37.7 Å². The summed E-state index contributed by atoms with van der Waals surface area (Å²) < 4.78 is 9.33. The van der Waals surface area contributed by atoms with Gasteiger partial charge in [-0.3, -0.25) is 0 Å². The molecule has 68 heavy (non-hydrogen) atoms. The minimum absolute atomic E-state index is 0.550. The Morgan fingerprint density at radius 1 is 0.279 bits per heavy atom. The molecular weight excluding hydrogens is 829 g/mol. The standard InChI is InChI=1S/C63H36N4O/c1-3-18-41-33-56-53(31-40(41)17-1)60-46-24-10-6-15-38(46)28-29-55(60)67(56)57-35-51-50-30-39-16-2-4-19-42(39)34-58(50)68-59(51)36-54(57)63-65-61(49-27-13-21-37-14-5-8-22-44(37)49)64-62(66-63)52-32-43-20-7-9-23-45(43)47-25-11-12-26-48(47)52/h1-36H. The average molecular weight is 865 g/mol. The SMILES string of the molecule is c1ccc2cc3c(cc2c1)oc1cc(-c2nc(-c4cccc5ccccc45)nc(-c4cc5ccccc5c5ccccc45)n2)c(-n2c4cc5ccccc5cc4c4c5ccccc5ccc42)cc13. The highest BCUT2D eigenvalue weighted by molar-refractivity contribution is 6.24. The van der Waals surface area contributed by atoms with Gasteiger partial charge in [0, 0.05) is 38.2 Å². The van der Waals surface area contributed by atoms with E-state index in [2.05, 4.69) is 223 Å². The molecule has 0 saturated heterocycles. The minimum Gasteiger partial charge on any atom is -0.456 e. The maximum atomic E-state index is 6.90. The van der Waals surface area contributed by atoms with Gasteiger partial charge in [0.2, 0.25) is 0 Å². The molecular formula is C63H36N4O. The van der Waals surface area contributed by atoms with Crippen molar-refractivity contribution in [1.82, 2.24) is 19.5 Å². The number of hydrogen-bond acceptors (Lipinski definition) is 4. The second kappa shape index (κ2) is 14.2. The van der Waals surface area contributed by atoms with Crippen molar-refractivity contribution in [3.8, 4) is 39.9 Å². The summed E-state index contributed by atoms with van der Waals surface area (Å²) in [6, 6.07) is 78.2. The number of aromatic nitrogens is 4. The minimum atomic E-state index is 0.550. The first-order valence-corrected chi connectivity index (χ1v) is 23.1. The Bertz CT molecular complexity index is 4630. The molecule has 0 bridgehead atoms. The fourth-order valence-corrected chi connectivity index (χ4v) is 11.0. The second-order valence-electron chi connectivity index (χ2n) is 17.9. The van der Waals surface area contributed by atoms with Crippen molar-refractivity contribution < 1.29 is 4.42 Å². The largest absolute Gasteiger partial charge is 0.456 e. The lowest BCUT2D eigenvalue weighted by atomic mass is 9.96. The molecule has 314 valence electrons. The van der Waals surface area contributed by atoms with Gasteiger partial charge in [-0.1, -0.05) is 170 Å². The summed E-state index contributed by atoms with van der Waals surface area (Å²) in [6.07, 6.45) is 0. The van der Waals surface area contributed by atoms with Gasteiger partial charge in [0.25, 0.3) is 0 Å². The lowest BCUT2D eigenvalue weighted by Gasteiger charge is -2.16. The summed E-state index contributed by atoms with van der Waals surface area (Å²) in [5, 5.41) is 18.2. The normalized spacial score (nSPS) is 12.1. The van der Waals surface area contributed by atoms with Gasteiger partial charge in [-0.25, -0.2) is 15.0 Å². The van der Waals surface area contributed by atoms with Crippen LogP contribution in [0.4, 0.5) is 0 Å². The summed E-state index contributed by atoms with van der Waals surface area (Å²) in [4.78, 5) is 16.6. The average Bonchev–Trinajstić information content (AvgIpc) is 3.92. The molecule has 0 fully saturated rings. The van der Waals surface area contributed by atoms with Crippen molar-refractivity contribution in [2.24, 2.45) is 0 Å². The highest BCUT2D eigenvalue weighted by Gasteiger charge is 2.25. The van der Waals surface area contributed by atoms with E-state index in [0.717, 1.165) is 93.1 Å². The summed E-state index contributed by atoms with van der Waals surface area (Å²) in [7, 11) is 0. The highest BCUT2D eigenvalue weighted by Crippen LogP contribution is 2.45. The van der Waals surface area contributed by atoms with Crippen LogP contribution in [-0.4, -0.2) is 19.5 Å². The Labute approximate surface area is 388 Å². The molecule has 15 aromatic rings. The molecule has 0 aliphatic carbocycles. The van der Waals surface area contributed by atoms with Gasteiger partial charge in [0.15, 0.2) is 17.5 Å². The Hall–Kier alpha value is -9.19. The number of hydrogen-bond donors (Lipinski definition) is 0. The molecule has 0 amide bonds.